The Morgan fingerprint density at radius 3 is 2.70 bits per heavy atom. The Balaban J connectivity index is 2.01. The van der Waals surface area contributed by atoms with Gasteiger partial charge in [0.05, 0.1) is 15.7 Å². The van der Waals surface area contributed by atoms with Gasteiger partial charge < -0.3 is 10.3 Å². The Morgan fingerprint density at radius 1 is 1.25 bits per heavy atom. The molecule has 0 unspecified atom stereocenters. The van der Waals surface area contributed by atoms with Crippen LogP contribution in [0.25, 0.3) is 22.2 Å². The highest BCUT2D eigenvalue weighted by molar-refractivity contribution is 7.14. The minimum absolute atomic E-state index is 0.404. The number of hydrogen-bond acceptors (Lipinski definition) is 5. The normalized spacial score (nSPS) is 10.9. The van der Waals surface area contributed by atoms with Gasteiger partial charge in [0.15, 0.2) is 0 Å². The van der Waals surface area contributed by atoms with E-state index in [1.807, 2.05) is 12.3 Å². The zero-order valence-electron chi connectivity index (χ0n) is 10.4. The van der Waals surface area contributed by atoms with Gasteiger partial charge in [-0.2, -0.15) is 4.98 Å². The molecule has 0 saturated heterocycles. The smallest absolute Gasteiger partial charge is 0.270 e. The third-order valence-electron chi connectivity index (χ3n) is 2.82. The molecule has 3 rings (SSSR count). The molecule has 7 heteroatoms. The fraction of sp³-hybridized carbons (Fsp3) is 0.0769. The number of nitrogen functional groups attached to an aromatic ring is 1. The molecule has 20 heavy (non-hydrogen) atoms. The minimum atomic E-state index is 0.404. The van der Waals surface area contributed by atoms with Gasteiger partial charge in [0.2, 0.25) is 5.82 Å². The van der Waals surface area contributed by atoms with Crippen molar-refractivity contribution >= 4 is 40.2 Å². The van der Waals surface area contributed by atoms with Crippen molar-refractivity contribution in [1.82, 2.24) is 10.1 Å². The number of benzene rings is 1. The summed E-state index contributed by atoms with van der Waals surface area (Å²) in [5, 5.41) is 6.83. The average molecular weight is 326 g/mol. The van der Waals surface area contributed by atoms with Crippen LogP contribution < -0.4 is 5.73 Å². The van der Waals surface area contributed by atoms with Crippen LogP contribution in [0, 0.1) is 6.92 Å². The Bertz CT molecular complexity index is 782. The predicted molar refractivity (Wildman–Crippen MR) is 82.2 cm³/mol. The van der Waals surface area contributed by atoms with Gasteiger partial charge in [0.25, 0.3) is 5.89 Å². The first-order valence-electron chi connectivity index (χ1n) is 5.69. The van der Waals surface area contributed by atoms with Crippen molar-refractivity contribution in [3.63, 3.8) is 0 Å². The van der Waals surface area contributed by atoms with Crippen LogP contribution in [0.5, 0.6) is 0 Å². The SMILES string of the molecule is Cc1csc(-c2nc(-c3ccc(Cl)c(Cl)c3)no2)c1N. The monoisotopic (exact) mass is 325 g/mol. The summed E-state index contributed by atoms with van der Waals surface area (Å²) in [7, 11) is 0. The van der Waals surface area contributed by atoms with E-state index in [0.29, 0.717) is 27.4 Å². The maximum Gasteiger partial charge on any atom is 0.270 e. The van der Waals surface area contributed by atoms with Crippen LogP contribution in [0.2, 0.25) is 10.0 Å². The van der Waals surface area contributed by atoms with Gasteiger partial charge in [0, 0.05) is 5.56 Å². The molecule has 4 nitrogen and oxygen atoms in total. The summed E-state index contributed by atoms with van der Waals surface area (Å²) >= 11 is 13.3. The lowest BCUT2D eigenvalue weighted by atomic mass is 10.2. The maximum atomic E-state index is 5.98. The number of nitrogens with zero attached hydrogens (tertiary/aromatic N) is 2. The molecule has 0 aliphatic carbocycles. The number of thiophene rings is 1. The molecule has 102 valence electrons. The zero-order valence-corrected chi connectivity index (χ0v) is 12.7. The van der Waals surface area contributed by atoms with Gasteiger partial charge in [-0.3, -0.25) is 0 Å². The second-order valence-corrected chi connectivity index (χ2v) is 5.91. The van der Waals surface area contributed by atoms with Crippen molar-refractivity contribution in [2.75, 3.05) is 5.73 Å². The fourth-order valence-electron chi connectivity index (χ4n) is 1.69. The summed E-state index contributed by atoms with van der Waals surface area (Å²) in [6.45, 7) is 1.94. The maximum absolute atomic E-state index is 5.98. The van der Waals surface area contributed by atoms with Crippen molar-refractivity contribution < 1.29 is 4.52 Å². The number of nitrogens with two attached hydrogens (primary N) is 1. The lowest BCUT2D eigenvalue weighted by Gasteiger charge is -1.97. The molecule has 0 aliphatic heterocycles. The summed E-state index contributed by atoms with van der Waals surface area (Å²) in [4.78, 5) is 5.13. The van der Waals surface area contributed by atoms with Gasteiger partial charge in [-0.15, -0.1) is 11.3 Å². The Hall–Kier alpha value is -1.56. The molecule has 3 aromatic rings. The number of hydrogen-bond donors (Lipinski definition) is 1. The van der Waals surface area contributed by atoms with Crippen LogP contribution in [-0.2, 0) is 0 Å². The highest BCUT2D eigenvalue weighted by atomic mass is 35.5. The molecule has 0 spiro atoms. The lowest BCUT2D eigenvalue weighted by Crippen LogP contribution is -1.87. The van der Waals surface area contributed by atoms with Crippen molar-refractivity contribution in [1.29, 1.82) is 0 Å². The largest absolute Gasteiger partial charge is 0.397 e. The number of aromatic nitrogens is 2. The van der Waals surface area contributed by atoms with Crippen molar-refractivity contribution in [3.05, 3.63) is 39.2 Å². The molecule has 0 bridgehead atoms. The average Bonchev–Trinajstić information content (AvgIpc) is 3.02. The van der Waals surface area contributed by atoms with Crippen molar-refractivity contribution in [2.24, 2.45) is 0 Å². The number of aryl methyl sites for hydroxylation is 1. The molecule has 0 aliphatic rings. The zero-order chi connectivity index (χ0) is 14.3. The van der Waals surface area contributed by atoms with Crippen LogP contribution in [0.1, 0.15) is 5.56 Å². The molecule has 0 radical (unpaired) electrons. The lowest BCUT2D eigenvalue weighted by molar-refractivity contribution is 0.433. The molecule has 0 fully saturated rings. The van der Waals surface area contributed by atoms with Crippen LogP contribution in [-0.4, -0.2) is 10.1 Å². The van der Waals surface area contributed by atoms with E-state index in [9.17, 15) is 0 Å². The molecule has 2 aromatic heterocycles. The summed E-state index contributed by atoms with van der Waals surface area (Å²) < 4.78 is 5.26. The third-order valence-corrected chi connectivity index (χ3v) is 4.66. The number of anilines is 1. The number of rotatable bonds is 2. The van der Waals surface area contributed by atoms with Gasteiger partial charge in [-0.25, -0.2) is 0 Å². The highest BCUT2D eigenvalue weighted by Crippen LogP contribution is 2.35. The van der Waals surface area contributed by atoms with Crippen LogP contribution in [0.3, 0.4) is 0 Å². The van der Waals surface area contributed by atoms with Crippen LogP contribution in [0.15, 0.2) is 28.1 Å². The van der Waals surface area contributed by atoms with E-state index >= 15 is 0 Å². The fourth-order valence-corrected chi connectivity index (χ4v) is 2.88. The van der Waals surface area contributed by atoms with Crippen molar-refractivity contribution in [3.8, 4) is 22.2 Å². The molecular weight excluding hydrogens is 317 g/mol. The summed E-state index contributed by atoms with van der Waals surface area (Å²) in [6.07, 6.45) is 0. The summed E-state index contributed by atoms with van der Waals surface area (Å²) in [5.74, 6) is 0.852. The predicted octanol–water partition coefficient (Wildman–Crippen LogP) is 4.66. The molecule has 2 N–H and O–H groups in total. The highest BCUT2D eigenvalue weighted by Gasteiger charge is 2.16. The van der Waals surface area contributed by atoms with E-state index < -0.39 is 0 Å². The minimum Gasteiger partial charge on any atom is -0.397 e. The summed E-state index contributed by atoms with van der Waals surface area (Å²) in [5.41, 5.74) is 8.37. The van der Waals surface area contributed by atoms with Gasteiger partial charge in [0.1, 0.15) is 4.88 Å². The molecule has 1 aromatic carbocycles. The van der Waals surface area contributed by atoms with Crippen molar-refractivity contribution in [2.45, 2.75) is 6.92 Å². The quantitative estimate of drug-likeness (QED) is 0.744. The van der Waals surface area contributed by atoms with Gasteiger partial charge in [-0.1, -0.05) is 28.4 Å². The van der Waals surface area contributed by atoms with Gasteiger partial charge >= 0.3 is 0 Å². The van der Waals surface area contributed by atoms with E-state index in [-0.39, 0.29) is 0 Å². The summed E-state index contributed by atoms with van der Waals surface area (Å²) in [6, 6.07) is 5.17. The standard InChI is InChI=1S/C13H9Cl2N3OS/c1-6-5-20-11(10(6)16)13-17-12(18-19-13)7-2-3-8(14)9(15)4-7/h2-5H,16H2,1H3. The van der Waals surface area contributed by atoms with E-state index in [4.69, 9.17) is 33.5 Å². The first kappa shape index (κ1) is 13.4. The van der Waals surface area contributed by atoms with Crippen LogP contribution in [0.4, 0.5) is 5.69 Å². The molecule has 0 saturated carbocycles. The Morgan fingerprint density at radius 2 is 2.05 bits per heavy atom. The van der Waals surface area contributed by atoms with Crippen LogP contribution >= 0.6 is 34.5 Å². The third kappa shape index (κ3) is 2.28. The van der Waals surface area contributed by atoms with E-state index in [1.165, 1.54) is 11.3 Å². The second-order valence-electron chi connectivity index (χ2n) is 4.21. The van der Waals surface area contributed by atoms with Gasteiger partial charge in [-0.05, 0) is 36.1 Å². The number of halogens is 2. The molecule has 2 heterocycles. The molecule has 0 atom stereocenters. The van der Waals surface area contributed by atoms with E-state index in [2.05, 4.69) is 10.1 Å². The molecule has 0 amide bonds. The first-order chi connectivity index (χ1) is 9.56. The molecular formula is C13H9Cl2N3OS. The van der Waals surface area contributed by atoms with E-state index in [1.54, 1.807) is 18.2 Å². The first-order valence-corrected chi connectivity index (χ1v) is 7.33. The Labute approximate surface area is 129 Å². The topological polar surface area (TPSA) is 64.9 Å². The van der Waals surface area contributed by atoms with E-state index in [0.717, 1.165) is 16.0 Å². The Kier molecular flexibility index (Phi) is 3.41. The second kappa shape index (κ2) is 5.09.